The molecule has 0 aliphatic carbocycles. The van der Waals surface area contributed by atoms with Gasteiger partial charge in [-0.15, -0.1) is 0 Å². The van der Waals surface area contributed by atoms with Crippen molar-refractivity contribution in [1.29, 1.82) is 5.41 Å². The van der Waals surface area contributed by atoms with Crippen molar-refractivity contribution < 1.29 is 0 Å². The Kier molecular flexibility index (Phi) is 4.39. The Morgan fingerprint density at radius 3 is 2.79 bits per heavy atom. The van der Waals surface area contributed by atoms with Crippen molar-refractivity contribution in [2.45, 2.75) is 38.6 Å². The first-order chi connectivity index (χ1) is 6.65. The lowest BCUT2D eigenvalue weighted by atomic mass is 10.2. The molecule has 1 heterocycles. The van der Waals surface area contributed by atoms with Gasteiger partial charge in [-0.25, -0.2) is 0 Å². The minimum Gasteiger partial charge on any atom is -0.362 e. The summed E-state index contributed by atoms with van der Waals surface area (Å²) in [4.78, 5) is 4.52. The summed E-state index contributed by atoms with van der Waals surface area (Å²) in [7, 11) is 4.24. The van der Waals surface area contributed by atoms with Crippen LogP contribution in [0.25, 0.3) is 0 Å². The Labute approximate surface area is 87.6 Å². The summed E-state index contributed by atoms with van der Waals surface area (Å²) in [6.45, 7) is 4.37. The molecule has 1 unspecified atom stereocenters. The van der Waals surface area contributed by atoms with Crippen LogP contribution in [-0.4, -0.2) is 48.9 Å². The number of hydrogen-bond acceptors (Lipinski definition) is 2. The second kappa shape index (κ2) is 5.35. The van der Waals surface area contributed by atoms with Crippen LogP contribution in [0.15, 0.2) is 0 Å². The highest BCUT2D eigenvalue weighted by molar-refractivity contribution is 5.78. The number of nitrogens with one attached hydrogen (secondary N) is 1. The third kappa shape index (κ3) is 2.98. The molecule has 3 heteroatoms. The first-order valence-electron chi connectivity index (χ1n) is 5.64. The van der Waals surface area contributed by atoms with Gasteiger partial charge in [0.25, 0.3) is 0 Å². The summed E-state index contributed by atoms with van der Waals surface area (Å²) in [5.41, 5.74) is 0. The summed E-state index contributed by atoms with van der Waals surface area (Å²) in [5.74, 6) is 0.785. The smallest absolute Gasteiger partial charge is 0.0955 e. The van der Waals surface area contributed by atoms with Gasteiger partial charge in [-0.2, -0.15) is 0 Å². The van der Waals surface area contributed by atoms with E-state index < -0.39 is 0 Å². The van der Waals surface area contributed by atoms with Gasteiger partial charge >= 0.3 is 0 Å². The van der Waals surface area contributed by atoms with Gasteiger partial charge in [0.2, 0.25) is 0 Å². The first-order valence-corrected chi connectivity index (χ1v) is 5.64. The Hall–Kier alpha value is -0.570. The second-order valence-electron chi connectivity index (χ2n) is 4.35. The normalized spacial score (nSPS) is 22.6. The average Bonchev–Trinajstić information content (AvgIpc) is 2.52. The number of nitrogens with zero attached hydrogens (tertiary/aromatic N) is 2. The summed E-state index contributed by atoms with van der Waals surface area (Å²) < 4.78 is 0. The number of hydrogen-bond donors (Lipinski definition) is 1. The van der Waals surface area contributed by atoms with E-state index in [2.05, 4.69) is 23.8 Å². The van der Waals surface area contributed by atoms with Gasteiger partial charge in [-0.05, 0) is 32.9 Å². The standard InChI is InChI=1S/C11H23N3/c1-4-6-11(12)14(3)9-10-7-5-8-13(10)2/h10,12H,4-9H2,1-3H3. The molecule has 1 atom stereocenters. The fourth-order valence-electron chi connectivity index (χ4n) is 2.06. The van der Waals surface area contributed by atoms with E-state index in [-0.39, 0.29) is 0 Å². The number of likely N-dealkylation sites (tertiary alicyclic amines) is 1. The molecule has 0 amide bonds. The largest absolute Gasteiger partial charge is 0.362 e. The number of rotatable bonds is 4. The third-order valence-corrected chi connectivity index (χ3v) is 3.10. The molecule has 1 rings (SSSR count). The van der Waals surface area contributed by atoms with E-state index in [0.717, 1.165) is 25.2 Å². The van der Waals surface area contributed by atoms with Gasteiger partial charge in [0, 0.05) is 26.1 Å². The summed E-state index contributed by atoms with van der Waals surface area (Å²) in [5, 5.41) is 7.83. The molecular weight excluding hydrogens is 174 g/mol. The van der Waals surface area contributed by atoms with Gasteiger partial charge in [-0.3, -0.25) is 5.41 Å². The van der Waals surface area contributed by atoms with Crippen LogP contribution in [0.5, 0.6) is 0 Å². The van der Waals surface area contributed by atoms with Crippen LogP contribution in [0.4, 0.5) is 0 Å². The minimum absolute atomic E-state index is 0.664. The van der Waals surface area contributed by atoms with Crippen molar-refractivity contribution in [2.75, 3.05) is 27.2 Å². The van der Waals surface area contributed by atoms with Crippen LogP contribution >= 0.6 is 0 Å². The van der Waals surface area contributed by atoms with Crippen molar-refractivity contribution in [3.05, 3.63) is 0 Å². The van der Waals surface area contributed by atoms with Crippen LogP contribution in [-0.2, 0) is 0 Å². The molecular formula is C11H23N3. The monoisotopic (exact) mass is 197 g/mol. The molecule has 1 aliphatic heterocycles. The maximum Gasteiger partial charge on any atom is 0.0955 e. The van der Waals surface area contributed by atoms with Crippen LogP contribution in [0.1, 0.15) is 32.6 Å². The lowest BCUT2D eigenvalue weighted by Crippen LogP contribution is -2.39. The SMILES string of the molecule is CCCC(=N)N(C)CC1CCCN1C. The van der Waals surface area contributed by atoms with Crippen LogP contribution < -0.4 is 0 Å². The molecule has 0 bridgehead atoms. The molecule has 14 heavy (non-hydrogen) atoms. The first kappa shape index (κ1) is 11.5. The molecule has 1 saturated heterocycles. The lowest BCUT2D eigenvalue weighted by Gasteiger charge is -2.27. The number of likely N-dealkylation sites (N-methyl/N-ethyl adjacent to an activating group) is 2. The highest BCUT2D eigenvalue weighted by Gasteiger charge is 2.22. The zero-order valence-electron chi connectivity index (χ0n) is 9.71. The molecule has 82 valence electrons. The van der Waals surface area contributed by atoms with Crippen molar-refractivity contribution >= 4 is 5.84 Å². The maximum atomic E-state index is 7.83. The van der Waals surface area contributed by atoms with E-state index in [0.29, 0.717) is 6.04 Å². The lowest BCUT2D eigenvalue weighted by molar-refractivity contribution is 0.265. The molecule has 0 spiro atoms. The molecule has 3 nitrogen and oxygen atoms in total. The van der Waals surface area contributed by atoms with Crippen LogP contribution in [0.2, 0.25) is 0 Å². The fraction of sp³-hybridized carbons (Fsp3) is 0.909. The molecule has 0 radical (unpaired) electrons. The van der Waals surface area contributed by atoms with Crippen molar-refractivity contribution in [3.8, 4) is 0 Å². The third-order valence-electron chi connectivity index (χ3n) is 3.10. The highest BCUT2D eigenvalue weighted by atomic mass is 15.2. The van der Waals surface area contributed by atoms with E-state index in [1.165, 1.54) is 19.4 Å². The highest BCUT2D eigenvalue weighted by Crippen LogP contribution is 2.15. The molecule has 1 N–H and O–H groups in total. The van der Waals surface area contributed by atoms with Gasteiger partial charge in [0.05, 0.1) is 5.84 Å². The number of amidine groups is 1. The van der Waals surface area contributed by atoms with Gasteiger partial charge in [0.15, 0.2) is 0 Å². The average molecular weight is 197 g/mol. The topological polar surface area (TPSA) is 30.3 Å². The predicted octanol–water partition coefficient (Wildman–Crippen LogP) is 1.79. The zero-order chi connectivity index (χ0) is 10.6. The summed E-state index contributed by atoms with van der Waals surface area (Å²) >= 11 is 0. The Morgan fingerprint density at radius 1 is 1.57 bits per heavy atom. The second-order valence-corrected chi connectivity index (χ2v) is 4.35. The van der Waals surface area contributed by atoms with Gasteiger partial charge < -0.3 is 9.80 Å². The summed E-state index contributed by atoms with van der Waals surface area (Å²) in [6, 6.07) is 0.664. The van der Waals surface area contributed by atoms with Crippen molar-refractivity contribution in [1.82, 2.24) is 9.80 Å². The van der Waals surface area contributed by atoms with Crippen molar-refractivity contribution in [3.63, 3.8) is 0 Å². The Morgan fingerprint density at radius 2 is 2.29 bits per heavy atom. The minimum atomic E-state index is 0.664. The zero-order valence-corrected chi connectivity index (χ0v) is 9.71. The fourth-order valence-corrected chi connectivity index (χ4v) is 2.06. The van der Waals surface area contributed by atoms with Gasteiger partial charge in [-0.1, -0.05) is 6.92 Å². The van der Waals surface area contributed by atoms with E-state index in [1.807, 2.05) is 7.05 Å². The van der Waals surface area contributed by atoms with Gasteiger partial charge in [0.1, 0.15) is 0 Å². The maximum absolute atomic E-state index is 7.83. The van der Waals surface area contributed by atoms with E-state index in [1.54, 1.807) is 0 Å². The molecule has 0 aromatic heterocycles. The molecule has 1 fully saturated rings. The van der Waals surface area contributed by atoms with E-state index in [9.17, 15) is 0 Å². The Balaban J connectivity index is 2.32. The summed E-state index contributed by atoms with van der Waals surface area (Å²) in [6.07, 6.45) is 4.59. The predicted molar refractivity (Wildman–Crippen MR) is 60.9 cm³/mol. The quantitative estimate of drug-likeness (QED) is 0.550. The van der Waals surface area contributed by atoms with E-state index in [4.69, 9.17) is 5.41 Å². The molecule has 1 aliphatic rings. The van der Waals surface area contributed by atoms with Crippen molar-refractivity contribution in [2.24, 2.45) is 0 Å². The molecule has 0 aromatic carbocycles. The molecule has 0 saturated carbocycles. The Bertz CT molecular complexity index is 191. The van der Waals surface area contributed by atoms with E-state index >= 15 is 0 Å². The van der Waals surface area contributed by atoms with Crippen LogP contribution in [0.3, 0.4) is 0 Å². The molecule has 0 aromatic rings. The van der Waals surface area contributed by atoms with Crippen LogP contribution in [0, 0.1) is 5.41 Å².